The highest BCUT2D eigenvalue weighted by Crippen LogP contribution is 2.25. The SMILES string of the molecule is CCOCCOc1ccccc1C(=O)N1CCC(Cc2ccccc2)CC1. The number of carbonyl (C=O) groups is 1. The van der Waals surface area contributed by atoms with Crippen LogP contribution in [0, 0.1) is 5.92 Å². The Balaban J connectivity index is 1.54. The summed E-state index contributed by atoms with van der Waals surface area (Å²) in [7, 11) is 0. The molecule has 1 fully saturated rings. The molecule has 1 aliphatic heterocycles. The Kier molecular flexibility index (Phi) is 7.28. The van der Waals surface area contributed by atoms with Crippen molar-refractivity contribution >= 4 is 5.91 Å². The molecule has 0 aliphatic carbocycles. The van der Waals surface area contributed by atoms with E-state index in [4.69, 9.17) is 9.47 Å². The number of benzene rings is 2. The summed E-state index contributed by atoms with van der Waals surface area (Å²) in [5, 5.41) is 0. The third-order valence-electron chi connectivity index (χ3n) is 5.08. The number of nitrogens with zero attached hydrogens (tertiary/aromatic N) is 1. The molecule has 0 N–H and O–H groups in total. The molecule has 0 radical (unpaired) electrons. The average molecular weight is 367 g/mol. The van der Waals surface area contributed by atoms with Gasteiger partial charge in [-0.15, -0.1) is 0 Å². The van der Waals surface area contributed by atoms with E-state index in [1.165, 1.54) is 5.56 Å². The molecule has 1 saturated heterocycles. The van der Waals surface area contributed by atoms with Gasteiger partial charge in [-0.05, 0) is 49.8 Å². The molecule has 3 rings (SSSR count). The van der Waals surface area contributed by atoms with E-state index in [0.29, 0.717) is 37.1 Å². The summed E-state index contributed by atoms with van der Waals surface area (Å²) in [5.41, 5.74) is 2.03. The van der Waals surface area contributed by atoms with Crippen molar-refractivity contribution in [2.75, 3.05) is 32.9 Å². The van der Waals surface area contributed by atoms with Crippen LogP contribution in [0.15, 0.2) is 54.6 Å². The summed E-state index contributed by atoms with van der Waals surface area (Å²) < 4.78 is 11.1. The molecular formula is C23H29NO3. The number of amides is 1. The maximum absolute atomic E-state index is 13.0. The fraction of sp³-hybridized carbons (Fsp3) is 0.435. The zero-order valence-corrected chi connectivity index (χ0v) is 16.1. The molecule has 1 amide bonds. The molecule has 4 nitrogen and oxygen atoms in total. The van der Waals surface area contributed by atoms with Crippen molar-refractivity contribution in [1.29, 1.82) is 0 Å². The van der Waals surface area contributed by atoms with E-state index in [1.54, 1.807) is 0 Å². The summed E-state index contributed by atoms with van der Waals surface area (Å²) >= 11 is 0. The molecule has 144 valence electrons. The van der Waals surface area contributed by atoms with Crippen molar-refractivity contribution < 1.29 is 14.3 Å². The number of para-hydroxylation sites is 1. The molecule has 0 bridgehead atoms. The van der Waals surface area contributed by atoms with Gasteiger partial charge in [0.25, 0.3) is 5.91 Å². The standard InChI is InChI=1S/C23H29NO3/c1-2-26-16-17-27-22-11-7-6-10-21(22)23(25)24-14-12-20(13-15-24)18-19-8-4-3-5-9-19/h3-11,20H,2,12-18H2,1H3. The van der Waals surface area contributed by atoms with E-state index in [-0.39, 0.29) is 5.91 Å². The molecule has 2 aromatic carbocycles. The molecule has 0 atom stereocenters. The Morgan fingerprint density at radius 2 is 1.70 bits per heavy atom. The predicted molar refractivity (Wildman–Crippen MR) is 107 cm³/mol. The van der Waals surface area contributed by atoms with Gasteiger partial charge < -0.3 is 14.4 Å². The summed E-state index contributed by atoms with van der Waals surface area (Å²) in [6, 6.07) is 18.1. The summed E-state index contributed by atoms with van der Waals surface area (Å²) in [6.07, 6.45) is 3.20. The second-order valence-corrected chi connectivity index (χ2v) is 6.97. The van der Waals surface area contributed by atoms with E-state index >= 15 is 0 Å². The molecule has 1 heterocycles. The van der Waals surface area contributed by atoms with Crippen LogP contribution in [0.3, 0.4) is 0 Å². The van der Waals surface area contributed by atoms with Gasteiger partial charge >= 0.3 is 0 Å². The number of hydrogen-bond acceptors (Lipinski definition) is 3. The van der Waals surface area contributed by atoms with Gasteiger partial charge in [-0.2, -0.15) is 0 Å². The summed E-state index contributed by atoms with van der Waals surface area (Å²) in [5.74, 6) is 1.36. The van der Waals surface area contributed by atoms with Crippen LogP contribution >= 0.6 is 0 Å². The maximum atomic E-state index is 13.0. The Labute approximate surface area is 162 Å². The van der Waals surface area contributed by atoms with Crippen molar-refractivity contribution in [2.24, 2.45) is 5.92 Å². The van der Waals surface area contributed by atoms with Crippen LogP contribution in [0.4, 0.5) is 0 Å². The average Bonchev–Trinajstić information content (AvgIpc) is 2.72. The lowest BCUT2D eigenvalue weighted by Gasteiger charge is -2.32. The van der Waals surface area contributed by atoms with Crippen LogP contribution in [0.2, 0.25) is 0 Å². The van der Waals surface area contributed by atoms with Gasteiger partial charge in [0, 0.05) is 19.7 Å². The molecule has 0 aromatic heterocycles. The van der Waals surface area contributed by atoms with Gasteiger partial charge in [0.05, 0.1) is 12.2 Å². The third-order valence-corrected chi connectivity index (χ3v) is 5.08. The quantitative estimate of drug-likeness (QED) is 0.657. The number of hydrogen-bond donors (Lipinski definition) is 0. The molecule has 1 aliphatic rings. The van der Waals surface area contributed by atoms with E-state index in [9.17, 15) is 4.79 Å². The Morgan fingerprint density at radius 1 is 1.00 bits per heavy atom. The van der Waals surface area contributed by atoms with Gasteiger partial charge in [0.15, 0.2) is 0 Å². The maximum Gasteiger partial charge on any atom is 0.257 e. The topological polar surface area (TPSA) is 38.8 Å². The van der Waals surface area contributed by atoms with Crippen molar-refractivity contribution in [3.63, 3.8) is 0 Å². The zero-order valence-electron chi connectivity index (χ0n) is 16.1. The van der Waals surface area contributed by atoms with Crippen LogP contribution in [-0.2, 0) is 11.2 Å². The molecule has 27 heavy (non-hydrogen) atoms. The molecule has 0 unspecified atom stereocenters. The number of rotatable bonds is 8. The van der Waals surface area contributed by atoms with E-state index in [2.05, 4.69) is 30.3 Å². The Bertz CT molecular complexity index is 709. The second kappa shape index (κ2) is 10.1. The minimum absolute atomic E-state index is 0.0696. The largest absolute Gasteiger partial charge is 0.490 e. The molecule has 4 heteroatoms. The van der Waals surface area contributed by atoms with Crippen molar-refractivity contribution in [3.8, 4) is 5.75 Å². The first-order valence-electron chi connectivity index (χ1n) is 9.90. The molecule has 2 aromatic rings. The summed E-state index contributed by atoms with van der Waals surface area (Å²) in [6.45, 7) is 5.23. The predicted octanol–water partition coefficient (Wildman–Crippen LogP) is 4.20. The number of likely N-dealkylation sites (tertiary alicyclic amines) is 1. The van der Waals surface area contributed by atoms with Crippen LogP contribution < -0.4 is 4.74 Å². The lowest BCUT2D eigenvalue weighted by atomic mass is 9.90. The second-order valence-electron chi connectivity index (χ2n) is 6.97. The van der Waals surface area contributed by atoms with Crippen molar-refractivity contribution in [3.05, 3.63) is 65.7 Å². The van der Waals surface area contributed by atoms with Gasteiger partial charge in [-0.1, -0.05) is 42.5 Å². The van der Waals surface area contributed by atoms with Gasteiger partial charge in [0.1, 0.15) is 12.4 Å². The normalized spacial score (nSPS) is 14.9. The van der Waals surface area contributed by atoms with Crippen LogP contribution in [-0.4, -0.2) is 43.7 Å². The van der Waals surface area contributed by atoms with E-state index in [0.717, 1.165) is 32.4 Å². The fourth-order valence-corrected chi connectivity index (χ4v) is 3.58. The fourth-order valence-electron chi connectivity index (χ4n) is 3.58. The van der Waals surface area contributed by atoms with Gasteiger partial charge in [-0.3, -0.25) is 4.79 Å². The van der Waals surface area contributed by atoms with Crippen LogP contribution in [0.25, 0.3) is 0 Å². The molecule has 0 saturated carbocycles. The van der Waals surface area contributed by atoms with Crippen molar-refractivity contribution in [2.45, 2.75) is 26.2 Å². The number of ether oxygens (including phenoxy) is 2. The first-order valence-corrected chi connectivity index (χ1v) is 9.90. The molecule has 0 spiro atoms. The zero-order chi connectivity index (χ0) is 18.9. The Hall–Kier alpha value is -2.33. The highest BCUT2D eigenvalue weighted by Gasteiger charge is 2.25. The van der Waals surface area contributed by atoms with E-state index in [1.807, 2.05) is 36.1 Å². The summed E-state index contributed by atoms with van der Waals surface area (Å²) in [4.78, 5) is 15.0. The minimum atomic E-state index is 0.0696. The van der Waals surface area contributed by atoms with Crippen molar-refractivity contribution in [1.82, 2.24) is 4.90 Å². The number of carbonyl (C=O) groups excluding carboxylic acids is 1. The number of piperidine rings is 1. The highest BCUT2D eigenvalue weighted by molar-refractivity contribution is 5.97. The van der Waals surface area contributed by atoms with Crippen LogP contribution in [0.1, 0.15) is 35.7 Å². The first kappa shape index (κ1) is 19.4. The smallest absolute Gasteiger partial charge is 0.257 e. The minimum Gasteiger partial charge on any atom is -0.490 e. The lowest BCUT2D eigenvalue weighted by molar-refractivity contribution is 0.0681. The Morgan fingerprint density at radius 3 is 2.44 bits per heavy atom. The van der Waals surface area contributed by atoms with E-state index < -0.39 is 0 Å². The third kappa shape index (κ3) is 5.57. The van der Waals surface area contributed by atoms with Gasteiger partial charge in [-0.25, -0.2) is 0 Å². The first-order chi connectivity index (χ1) is 13.3. The molecular weight excluding hydrogens is 338 g/mol. The monoisotopic (exact) mass is 367 g/mol. The van der Waals surface area contributed by atoms with Crippen LogP contribution in [0.5, 0.6) is 5.75 Å². The van der Waals surface area contributed by atoms with Gasteiger partial charge in [0.2, 0.25) is 0 Å². The lowest BCUT2D eigenvalue weighted by Crippen LogP contribution is -2.39. The highest BCUT2D eigenvalue weighted by atomic mass is 16.5.